The number of rotatable bonds is 2. The first-order chi connectivity index (χ1) is 9.15. The lowest BCUT2D eigenvalue weighted by atomic mass is 10.1. The molecule has 1 aliphatic rings. The molecule has 2 heterocycles. The van der Waals surface area contributed by atoms with Gasteiger partial charge in [-0.25, -0.2) is 14.5 Å². The van der Waals surface area contributed by atoms with Gasteiger partial charge < -0.3 is 10.8 Å². The fraction of sp³-hybridized carbons (Fsp3) is 0.308. The normalized spacial score (nSPS) is 18.1. The van der Waals surface area contributed by atoms with Crippen molar-refractivity contribution < 1.29 is 9.90 Å². The summed E-state index contributed by atoms with van der Waals surface area (Å²) in [4.78, 5) is 15.4. The van der Waals surface area contributed by atoms with Gasteiger partial charge in [-0.1, -0.05) is 12.1 Å². The minimum atomic E-state index is -0.956. The van der Waals surface area contributed by atoms with Gasteiger partial charge in [0, 0.05) is 12.0 Å². The zero-order valence-corrected chi connectivity index (χ0v) is 10.3. The van der Waals surface area contributed by atoms with Crippen LogP contribution in [0, 0.1) is 0 Å². The molecule has 0 bridgehead atoms. The van der Waals surface area contributed by atoms with Gasteiger partial charge in [0.15, 0.2) is 5.82 Å². The highest BCUT2D eigenvalue weighted by Crippen LogP contribution is 2.23. The Hall–Kier alpha value is -2.21. The molecule has 1 aliphatic heterocycles. The van der Waals surface area contributed by atoms with Crippen LogP contribution in [0.5, 0.6) is 0 Å². The molecule has 1 aromatic heterocycles. The molecule has 0 radical (unpaired) electrons. The van der Waals surface area contributed by atoms with Gasteiger partial charge in [-0.05, 0) is 25.0 Å². The molecular weight excluding hydrogens is 244 g/mol. The molecule has 98 valence electrons. The van der Waals surface area contributed by atoms with E-state index in [1.807, 2.05) is 0 Å². The van der Waals surface area contributed by atoms with E-state index in [9.17, 15) is 4.79 Å². The van der Waals surface area contributed by atoms with E-state index in [4.69, 9.17) is 10.8 Å². The van der Waals surface area contributed by atoms with Gasteiger partial charge in [-0.15, -0.1) is 5.10 Å². The number of carboxylic acid groups (broad SMARTS) is 1. The molecule has 0 fully saturated rings. The standard InChI is InChI=1S/C13H14N4O2/c14-10-5-2-6-11-15-12(16-17(10)11)8-3-1-4-9(7-8)13(18)19/h1,3-4,7,10H,2,5-6,14H2,(H,18,19). The van der Waals surface area contributed by atoms with Crippen molar-refractivity contribution in [1.29, 1.82) is 0 Å². The van der Waals surface area contributed by atoms with E-state index in [-0.39, 0.29) is 11.7 Å². The molecule has 6 nitrogen and oxygen atoms in total. The third-order valence-electron chi connectivity index (χ3n) is 3.28. The summed E-state index contributed by atoms with van der Waals surface area (Å²) in [6.45, 7) is 0. The molecule has 0 aliphatic carbocycles. The van der Waals surface area contributed by atoms with Gasteiger partial charge in [0.25, 0.3) is 0 Å². The maximum absolute atomic E-state index is 11.0. The van der Waals surface area contributed by atoms with Crippen molar-refractivity contribution in [2.75, 3.05) is 0 Å². The molecule has 1 atom stereocenters. The van der Waals surface area contributed by atoms with Gasteiger partial charge in [-0.2, -0.15) is 0 Å². The molecule has 3 rings (SSSR count). The Bertz CT molecular complexity index is 635. The number of hydrogen-bond acceptors (Lipinski definition) is 4. The molecule has 6 heteroatoms. The van der Waals surface area contributed by atoms with Crippen molar-refractivity contribution in [3.8, 4) is 11.4 Å². The molecule has 1 aromatic carbocycles. The molecular formula is C13H14N4O2. The van der Waals surface area contributed by atoms with Crippen LogP contribution < -0.4 is 5.73 Å². The van der Waals surface area contributed by atoms with E-state index < -0.39 is 5.97 Å². The average Bonchev–Trinajstić information content (AvgIpc) is 2.84. The Morgan fingerprint density at radius 3 is 3.05 bits per heavy atom. The molecule has 2 aromatic rings. The fourth-order valence-electron chi connectivity index (χ4n) is 2.30. The summed E-state index contributed by atoms with van der Waals surface area (Å²) < 4.78 is 1.74. The number of fused-ring (bicyclic) bond motifs is 1. The summed E-state index contributed by atoms with van der Waals surface area (Å²) in [7, 11) is 0. The fourth-order valence-corrected chi connectivity index (χ4v) is 2.30. The Morgan fingerprint density at radius 2 is 2.32 bits per heavy atom. The Kier molecular flexibility index (Phi) is 2.79. The van der Waals surface area contributed by atoms with Crippen LogP contribution >= 0.6 is 0 Å². The second kappa shape index (κ2) is 4.47. The van der Waals surface area contributed by atoms with Crippen LogP contribution in [-0.2, 0) is 6.42 Å². The molecule has 0 spiro atoms. The van der Waals surface area contributed by atoms with Gasteiger partial charge in [0.2, 0.25) is 0 Å². The van der Waals surface area contributed by atoms with E-state index in [1.54, 1.807) is 28.9 Å². The summed E-state index contributed by atoms with van der Waals surface area (Å²) in [5, 5.41) is 13.4. The number of aromatic nitrogens is 3. The monoisotopic (exact) mass is 258 g/mol. The Balaban J connectivity index is 2.03. The van der Waals surface area contributed by atoms with Gasteiger partial charge in [0.05, 0.1) is 5.56 Å². The lowest BCUT2D eigenvalue weighted by molar-refractivity contribution is 0.0697. The predicted molar refractivity (Wildman–Crippen MR) is 68.6 cm³/mol. The second-order valence-electron chi connectivity index (χ2n) is 4.64. The van der Waals surface area contributed by atoms with Crippen LogP contribution in [0.15, 0.2) is 24.3 Å². The van der Waals surface area contributed by atoms with E-state index >= 15 is 0 Å². The Morgan fingerprint density at radius 1 is 1.47 bits per heavy atom. The number of hydrogen-bond donors (Lipinski definition) is 2. The number of aromatic carboxylic acids is 1. The first-order valence-electron chi connectivity index (χ1n) is 6.20. The van der Waals surface area contributed by atoms with E-state index in [0.717, 1.165) is 25.1 Å². The molecule has 0 amide bonds. The number of benzene rings is 1. The minimum absolute atomic E-state index is 0.132. The summed E-state index contributed by atoms with van der Waals surface area (Å²) >= 11 is 0. The van der Waals surface area contributed by atoms with Crippen molar-refractivity contribution in [2.45, 2.75) is 25.4 Å². The highest BCUT2D eigenvalue weighted by atomic mass is 16.4. The molecule has 3 N–H and O–H groups in total. The minimum Gasteiger partial charge on any atom is -0.478 e. The topological polar surface area (TPSA) is 94.0 Å². The summed E-state index contributed by atoms with van der Waals surface area (Å²) in [5.41, 5.74) is 6.92. The van der Waals surface area contributed by atoms with E-state index in [0.29, 0.717) is 11.4 Å². The van der Waals surface area contributed by atoms with Crippen LogP contribution in [0.4, 0.5) is 0 Å². The van der Waals surface area contributed by atoms with Crippen molar-refractivity contribution in [2.24, 2.45) is 5.73 Å². The third-order valence-corrected chi connectivity index (χ3v) is 3.28. The van der Waals surface area contributed by atoms with Crippen molar-refractivity contribution >= 4 is 5.97 Å². The predicted octanol–water partition coefficient (Wildman–Crippen LogP) is 1.44. The first-order valence-corrected chi connectivity index (χ1v) is 6.20. The highest BCUT2D eigenvalue weighted by Gasteiger charge is 2.20. The SMILES string of the molecule is NC1CCCc2nc(-c3cccc(C(=O)O)c3)nn21. The van der Waals surface area contributed by atoms with Gasteiger partial charge in [0.1, 0.15) is 12.0 Å². The van der Waals surface area contributed by atoms with E-state index in [1.165, 1.54) is 0 Å². The number of carbonyl (C=O) groups is 1. The molecule has 0 saturated heterocycles. The number of nitrogens with two attached hydrogens (primary N) is 1. The zero-order chi connectivity index (χ0) is 13.4. The van der Waals surface area contributed by atoms with Crippen molar-refractivity contribution in [1.82, 2.24) is 14.8 Å². The molecule has 19 heavy (non-hydrogen) atoms. The lowest BCUT2D eigenvalue weighted by Gasteiger charge is -2.18. The Labute approximate surface area is 109 Å². The third kappa shape index (κ3) is 2.10. The second-order valence-corrected chi connectivity index (χ2v) is 4.64. The van der Waals surface area contributed by atoms with Crippen LogP contribution in [-0.4, -0.2) is 25.8 Å². The molecule has 0 saturated carbocycles. The van der Waals surface area contributed by atoms with Crippen LogP contribution in [0.2, 0.25) is 0 Å². The van der Waals surface area contributed by atoms with Crippen LogP contribution in [0.1, 0.15) is 35.2 Å². The van der Waals surface area contributed by atoms with Crippen molar-refractivity contribution in [3.63, 3.8) is 0 Å². The molecule has 1 unspecified atom stereocenters. The summed E-state index contributed by atoms with van der Waals surface area (Å²) in [6, 6.07) is 6.63. The number of nitrogens with zero attached hydrogens (tertiary/aromatic N) is 3. The van der Waals surface area contributed by atoms with Gasteiger partial charge in [-0.3, -0.25) is 0 Å². The summed E-state index contributed by atoms with van der Waals surface area (Å²) in [5.74, 6) is 0.451. The van der Waals surface area contributed by atoms with E-state index in [2.05, 4.69) is 10.1 Å². The maximum Gasteiger partial charge on any atom is 0.335 e. The lowest BCUT2D eigenvalue weighted by Crippen LogP contribution is -2.25. The smallest absolute Gasteiger partial charge is 0.335 e. The summed E-state index contributed by atoms with van der Waals surface area (Å²) in [6.07, 6.45) is 2.63. The first kappa shape index (κ1) is 11.9. The zero-order valence-electron chi connectivity index (χ0n) is 10.3. The van der Waals surface area contributed by atoms with Crippen molar-refractivity contribution in [3.05, 3.63) is 35.7 Å². The van der Waals surface area contributed by atoms with Crippen LogP contribution in [0.25, 0.3) is 11.4 Å². The highest BCUT2D eigenvalue weighted by molar-refractivity contribution is 5.89. The quantitative estimate of drug-likeness (QED) is 0.850. The largest absolute Gasteiger partial charge is 0.478 e. The number of aryl methyl sites for hydroxylation is 1. The van der Waals surface area contributed by atoms with Gasteiger partial charge >= 0.3 is 5.97 Å². The number of carboxylic acids is 1. The average molecular weight is 258 g/mol. The maximum atomic E-state index is 11.0. The van der Waals surface area contributed by atoms with Crippen LogP contribution in [0.3, 0.4) is 0 Å².